The lowest BCUT2D eigenvalue weighted by atomic mass is 9.83. The number of nitrogens with one attached hydrogen (secondary N) is 1. The molecule has 1 aromatic heterocycles. The zero-order valence-corrected chi connectivity index (χ0v) is 11.2. The Hall–Kier alpha value is -0.830. The lowest BCUT2D eigenvalue weighted by Crippen LogP contribution is -2.32. The van der Waals surface area contributed by atoms with Gasteiger partial charge in [-0.2, -0.15) is 0 Å². The molecule has 1 aliphatic rings. The van der Waals surface area contributed by atoms with Gasteiger partial charge in [0.1, 0.15) is 5.82 Å². The normalized spacial score (nSPS) is 25.1. The first-order valence-corrected chi connectivity index (χ1v) is 7.00. The molecule has 96 valence electrons. The van der Waals surface area contributed by atoms with E-state index >= 15 is 0 Å². The molecular formula is C14H25N3. The van der Waals surface area contributed by atoms with Crippen LogP contribution in [0.5, 0.6) is 0 Å². The highest BCUT2D eigenvalue weighted by molar-refractivity contribution is 4.95. The number of hydrogen-bond donors (Lipinski definition) is 1. The predicted octanol–water partition coefficient (Wildman–Crippen LogP) is 2.61. The molecule has 1 aromatic rings. The standard InChI is InChI=1S/C14H25N3/c1-3-8-17-9-7-16-14(17)11-12-5-4-6-13(10-12)15-2/h7,9,12-13,15H,3-6,8,10-11H2,1-2H3. The number of nitrogens with zero attached hydrogens (tertiary/aromatic N) is 2. The molecule has 0 aromatic carbocycles. The summed E-state index contributed by atoms with van der Waals surface area (Å²) in [5, 5.41) is 3.43. The van der Waals surface area contributed by atoms with Gasteiger partial charge in [-0.25, -0.2) is 4.98 Å². The van der Waals surface area contributed by atoms with Crippen molar-refractivity contribution in [3.8, 4) is 0 Å². The molecule has 1 N–H and O–H groups in total. The molecule has 0 bridgehead atoms. The summed E-state index contributed by atoms with van der Waals surface area (Å²) in [4.78, 5) is 4.52. The van der Waals surface area contributed by atoms with E-state index in [1.165, 1.54) is 37.9 Å². The number of aromatic nitrogens is 2. The highest BCUT2D eigenvalue weighted by Crippen LogP contribution is 2.26. The minimum atomic E-state index is 0.725. The molecule has 1 heterocycles. The molecule has 1 aliphatic carbocycles. The molecule has 0 radical (unpaired) electrons. The van der Waals surface area contributed by atoms with Crippen LogP contribution in [0.1, 0.15) is 44.9 Å². The van der Waals surface area contributed by atoms with Gasteiger partial charge in [0.2, 0.25) is 0 Å². The van der Waals surface area contributed by atoms with Crippen LogP contribution >= 0.6 is 0 Å². The van der Waals surface area contributed by atoms with Gasteiger partial charge in [-0.15, -0.1) is 0 Å². The van der Waals surface area contributed by atoms with Crippen molar-refractivity contribution in [2.24, 2.45) is 5.92 Å². The lowest BCUT2D eigenvalue weighted by Gasteiger charge is -2.28. The second-order valence-electron chi connectivity index (χ2n) is 5.26. The molecule has 2 atom stereocenters. The Labute approximate surface area is 105 Å². The van der Waals surface area contributed by atoms with Crippen LogP contribution in [0.3, 0.4) is 0 Å². The van der Waals surface area contributed by atoms with E-state index in [2.05, 4.69) is 35.0 Å². The second kappa shape index (κ2) is 6.20. The van der Waals surface area contributed by atoms with E-state index in [1.807, 2.05) is 6.20 Å². The quantitative estimate of drug-likeness (QED) is 0.850. The van der Waals surface area contributed by atoms with E-state index in [0.717, 1.165) is 24.9 Å². The smallest absolute Gasteiger partial charge is 0.108 e. The molecule has 3 heteroatoms. The molecule has 2 rings (SSSR count). The number of imidazole rings is 1. The van der Waals surface area contributed by atoms with Gasteiger partial charge in [-0.3, -0.25) is 0 Å². The maximum atomic E-state index is 4.52. The summed E-state index contributed by atoms with van der Waals surface area (Å²) in [6.07, 6.45) is 11.8. The fourth-order valence-electron chi connectivity index (χ4n) is 2.97. The van der Waals surface area contributed by atoms with Crippen LogP contribution in [0.2, 0.25) is 0 Å². The number of rotatable bonds is 5. The van der Waals surface area contributed by atoms with Crippen LogP contribution in [0.25, 0.3) is 0 Å². The second-order valence-corrected chi connectivity index (χ2v) is 5.26. The lowest BCUT2D eigenvalue weighted by molar-refractivity contribution is 0.289. The summed E-state index contributed by atoms with van der Waals surface area (Å²) in [5.74, 6) is 2.10. The van der Waals surface area contributed by atoms with Crippen molar-refractivity contribution in [3.63, 3.8) is 0 Å². The molecule has 17 heavy (non-hydrogen) atoms. The highest BCUT2D eigenvalue weighted by atomic mass is 15.1. The summed E-state index contributed by atoms with van der Waals surface area (Å²) < 4.78 is 2.32. The monoisotopic (exact) mass is 235 g/mol. The van der Waals surface area contributed by atoms with Gasteiger partial charge < -0.3 is 9.88 Å². The van der Waals surface area contributed by atoms with Gasteiger partial charge in [0.25, 0.3) is 0 Å². The summed E-state index contributed by atoms with van der Waals surface area (Å²) in [6.45, 7) is 3.33. The predicted molar refractivity (Wildman–Crippen MR) is 71.0 cm³/mol. The molecule has 2 unspecified atom stereocenters. The summed E-state index contributed by atoms with van der Waals surface area (Å²) in [6, 6.07) is 0.725. The molecule has 3 nitrogen and oxygen atoms in total. The van der Waals surface area contributed by atoms with Gasteiger partial charge >= 0.3 is 0 Å². The van der Waals surface area contributed by atoms with Crippen molar-refractivity contribution in [3.05, 3.63) is 18.2 Å². The zero-order chi connectivity index (χ0) is 12.1. The van der Waals surface area contributed by atoms with Crippen molar-refractivity contribution < 1.29 is 0 Å². The van der Waals surface area contributed by atoms with E-state index in [-0.39, 0.29) is 0 Å². The molecule has 1 fully saturated rings. The third kappa shape index (κ3) is 3.32. The van der Waals surface area contributed by atoms with E-state index < -0.39 is 0 Å². The van der Waals surface area contributed by atoms with Crippen molar-refractivity contribution >= 4 is 0 Å². The van der Waals surface area contributed by atoms with Gasteiger partial charge in [0.15, 0.2) is 0 Å². The Bertz CT molecular complexity index is 332. The number of aryl methyl sites for hydroxylation is 1. The number of hydrogen-bond acceptors (Lipinski definition) is 2. The first-order chi connectivity index (χ1) is 8.33. The van der Waals surface area contributed by atoms with E-state index in [9.17, 15) is 0 Å². The maximum absolute atomic E-state index is 4.52. The Morgan fingerprint density at radius 3 is 3.12 bits per heavy atom. The average Bonchev–Trinajstić information content (AvgIpc) is 2.78. The third-order valence-corrected chi connectivity index (χ3v) is 3.93. The van der Waals surface area contributed by atoms with Gasteiger partial charge in [-0.05, 0) is 38.6 Å². The fourth-order valence-corrected chi connectivity index (χ4v) is 2.97. The average molecular weight is 235 g/mol. The summed E-state index contributed by atoms with van der Waals surface area (Å²) in [7, 11) is 2.09. The topological polar surface area (TPSA) is 29.9 Å². The Balaban J connectivity index is 1.93. The summed E-state index contributed by atoms with van der Waals surface area (Å²) >= 11 is 0. The summed E-state index contributed by atoms with van der Waals surface area (Å²) in [5.41, 5.74) is 0. The van der Waals surface area contributed by atoms with Crippen molar-refractivity contribution in [2.45, 2.75) is 58.0 Å². The Morgan fingerprint density at radius 2 is 2.35 bits per heavy atom. The van der Waals surface area contributed by atoms with E-state index in [0.29, 0.717) is 0 Å². The van der Waals surface area contributed by atoms with Crippen LogP contribution in [-0.2, 0) is 13.0 Å². The first-order valence-electron chi connectivity index (χ1n) is 7.00. The molecule has 0 amide bonds. The minimum absolute atomic E-state index is 0.725. The zero-order valence-electron chi connectivity index (χ0n) is 11.2. The SMILES string of the molecule is CCCn1ccnc1CC1CCCC(NC)C1. The molecule has 0 aliphatic heterocycles. The minimum Gasteiger partial charge on any atom is -0.335 e. The van der Waals surface area contributed by atoms with Gasteiger partial charge in [-0.1, -0.05) is 13.3 Å². The van der Waals surface area contributed by atoms with Crippen molar-refractivity contribution in [1.82, 2.24) is 14.9 Å². The van der Waals surface area contributed by atoms with Gasteiger partial charge in [0, 0.05) is 31.4 Å². The molecule has 1 saturated carbocycles. The van der Waals surface area contributed by atoms with Crippen LogP contribution < -0.4 is 5.32 Å². The van der Waals surface area contributed by atoms with E-state index in [4.69, 9.17) is 0 Å². The van der Waals surface area contributed by atoms with Gasteiger partial charge in [0.05, 0.1) is 0 Å². The van der Waals surface area contributed by atoms with Crippen LogP contribution in [-0.4, -0.2) is 22.6 Å². The highest BCUT2D eigenvalue weighted by Gasteiger charge is 2.22. The first kappa shape index (κ1) is 12.6. The van der Waals surface area contributed by atoms with Crippen LogP contribution in [0.15, 0.2) is 12.4 Å². The van der Waals surface area contributed by atoms with Crippen molar-refractivity contribution in [2.75, 3.05) is 7.05 Å². The van der Waals surface area contributed by atoms with Crippen LogP contribution in [0, 0.1) is 5.92 Å². The Kier molecular flexibility index (Phi) is 4.60. The largest absolute Gasteiger partial charge is 0.335 e. The molecule has 0 saturated heterocycles. The maximum Gasteiger partial charge on any atom is 0.108 e. The third-order valence-electron chi connectivity index (χ3n) is 3.93. The van der Waals surface area contributed by atoms with E-state index in [1.54, 1.807) is 0 Å². The van der Waals surface area contributed by atoms with Crippen LogP contribution in [0.4, 0.5) is 0 Å². The molecule has 0 spiro atoms. The fraction of sp³-hybridized carbons (Fsp3) is 0.786. The Morgan fingerprint density at radius 1 is 1.47 bits per heavy atom. The van der Waals surface area contributed by atoms with Crippen molar-refractivity contribution in [1.29, 1.82) is 0 Å². The molecular weight excluding hydrogens is 210 g/mol.